The second kappa shape index (κ2) is 7.20. The van der Waals surface area contributed by atoms with Crippen LogP contribution < -0.4 is 0 Å². The molecule has 1 heterocycles. The summed E-state index contributed by atoms with van der Waals surface area (Å²) < 4.78 is 5.03. The van der Waals surface area contributed by atoms with Crippen LogP contribution in [0.1, 0.15) is 10.4 Å². The highest BCUT2D eigenvalue weighted by atomic mass is 35.5. The van der Waals surface area contributed by atoms with E-state index in [4.69, 9.17) is 4.74 Å². The lowest BCUT2D eigenvalue weighted by Crippen LogP contribution is -2.20. The summed E-state index contributed by atoms with van der Waals surface area (Å²) in [4.78, 5) is 17.1. The van der Waals surface area contributed by atoms with E-state index in [9.17, 15) is 4.79 Å². The first-order valence-corrected chi connectivity index (χ1v) is 4.42. The number of carbonyl (C=O) groups excluding carboxylic acids is 1. The van der Waals surface area contributed by atoms with Gasteiger partial charge in [-0.15, -0.1) is 12.4 Å². The van der Waals surface area contributed by atoms with Gasteiger partial charge in [0.05, 0.1) is 5.56 Å². The Morgan fingerprint density at radius 2 is 2.00 bits per heavy atom. The summed E-state index contributed by atoms with van der Waals surface area (Å²) in [7, 11) is 3.86. The number of ether oxygens (including phenoxy) is 1. The molecule has 1 rings (SSSR count). The monoisotopic (exact) mass is 230 g/mol. The minimum atomic E-state index is -0.297. The first-order valence-electron chi connectivity index (χ1n) is 4.42. The van der Waals surface area contributed by atoms with Crippen LogP contribution in [0.5, 0.6) is 0 Å². The number of esters is 1. The molecule has 0 spiro atoms. The van der Waals surface area contributed by atoms with E-state index in [1.54, 1.807) is 24.5 Å². The van der Waals surface area contributed by atoms with Gasteiger partial charge in [0.1, 0.15) is 6.61 Å². The Balaban J connectivity index is 0.00000196. The van der Waals surface area contributed by atoms with Gasteiger partial charge >= 0.3 is 5.97 Å². The minimum absolute atomic E-state index is 0. The van der Waals surface area contributed by atoms with Gasteiger partial charge in [-0.2, -0.15) is 0 Å². The Morgan fingerprint density at radius 1 is 1.40 bits per heavy atom. The van der Waals surface area contributed by atoms with Crippen LogP contribution in [0.25, 0.3) is 0 Å². The van der Waals surface area contributed by atoms with E-state index in [0.29, 0.717) is 12.2 Å². The summed E-state index contributed by atoms with van der Waals surface area (Å²) in [6.07, 6.45) is 3.14. The third-order valence-corrected chi connectivity index (χ3v) is 1.69. The van der Waals surface area contributed by atoms with Crippen molar-refractivity contribution in [3.63, 3.8) is 0 Å². The highest BCUT2D eigenvalue weighted by Crippen LogP contribution is 1.98. The zero-order valence-corrected chi connectivity index (χ0v) is 9.66. The van der Waals surface area contributed by atoms with Crippen molar-refractivity contribution in [1.29, 1.82) is 0 Å². The van der Waals surface area contributed by atoms with Crippen molar-refractivity contribution in [3.8, 4) is 0 Å². The number of nitrogens with zero attached hydrogens (tertiary/aromatic N) is 2. The molecule has 0 atom stereocenters. The number of rotatable bonds is 4. The van der Waals surface area contributed by atoms with Crippen LogP contribution in [-0.4, -0.2) is 43.1 Å². The predicted octanol–water partition coefficient (Wildman–Crippen LogP) is 1.22. The molecule has 0 aliphatic heterocycles. The Labute approximate surface area is 95.7 Å². The summed E-state index contributed by atoms with van der Waals surface area (Å²) in [5.41, 5.74) is 0.541. The van der Waals surface area contributed by atoms with Crippen molar-refractivity contribution in [2.45, 2.75) is 0 Å². The Hall–Kier alpha value is -1.13. The molecule has 0 amide bonds. The molecular formula is C10H15ClN2O2. The summed E-state index contributed by atoms with van der Waals surface area (Å²) >= 11 is 0. The number of halogens is 1. The fourth-order valence-corrected chi connectivity index (χ4v) is 0.892. The molecule has 1 aromatic rings. The lowest BCUT2D eigenvalue weighted by atomic mass is 10.3. The smallest absolute Gasteiger partial charge is 0.338 e. The maximum Gasteiger partial charge on any atom is 0.338 e. The minimum Gasteiger partial charge on any atom is -0.461 e. The third kappa shape index (κ3) is 5.34. The Kier molecular flexibility index (Phi) is 6.66. The average Bonchev–Trinajstić information content (AvgIpc) is 2.18. The predicted molar refractivity (Wildman–Crippen MR) is 60.3 cm³/mol. The summed E-state index contributed by atoms with van der Waals surface area (Å²) in [5, 5.41) is 0. The second-order valence-corrected chi connectivity index (χ2v) is 3.18. The van der Waals surface area contributed by atoms with Crippen molar-refractivity contribution >= 4 is 18.4 Å². The summed E-state index contributed by atoms with van der Waals surface area (Å²) in [6, 6.07) is 3.27. The van der Waals surface area contributed by atoms with Crippen LogP contribution in [0.15, 0.2) is 24.5 Å². The van der Waals surface area contributed by atoms with Gasteiger partial charge in [0.15, 0.2) is 0 Å². The van der Waals surface area contributed by atoms with Gasteiger partial charge in [-0.05, 0) is 26.2 Å². The topological polar surface area (TPSA) is 42.4 Å². The fourth-order valence-electron chi connectivity index (χ4n) is 0.892. The van der Waals surface area contributed by atoms with Crippen LogP contribution in [0.2, 0.25) is 0 Å². The van der Waals surface area contributed by atoms with E-state index in [1.165, 1.54) is 0 Å². The van der Waals surface area contributed by atoms with Crippen molar-refractivity contribution in [2.24, 2.45) is 0 Å². The highest BCUT2D eigenvalue weighted by molar-refractivity contribution is 5.89. The van der Waals surface area contributed by atoms with E-state index in [1.807, 2.05) is 19.0 Å². The summed E-state index contributed by atoms with van der Waals surface area (Å²) in [6.45, 7) is 1.14. The van der Waals surface area contributed by atoms with Crippen molar-refractivity contribution in [1.82, 2.24) is 9.88 Å². The van der Waals surface area contributed by atoms with Crippen molar-refractivity contribution in [2.75, 3.05) is 27.2 Å². The van der Waals surface area contributed by atoms with E-state index >= 15 is 0 Å². The zero-order valence-electron chi connectivity index (χ0n) is 8.84. The summed E-state index contributed by atoms with van der Waals surface area (Å²) in [5.74, 6) is -0.297. The molecule has 0 saturated heterocycles. The maximum absolute atomic E-state index is 11.4. The molecule has 5 heteroatoms. The van der Waals surface area contributed by atoms with Gasteiger partial charge in [0.2, 0.25) is 0 Å². The molecule has 0 saturated carbocycles. The van der Waals surface area contributed by atoms with Crippen LogP contribution in [0, 0.1) is 0 Å². The van der Waals surface area contributed by atoms with E-state index in [0.717, 1.165) is 6.54 Å². The van der Waals surface area contributed by atoms with Crippen molar-refractivity contribution < 1.29 is 9.53 Å². The van der Waals surface area contributed by atoms with Gasteiger partial charge in [0, 0.05) is 18.9 Å². The molecule has 0 aliphatic carbocycles. The van der Waals surface area contributed by atoms with Crippen LogP contribution in [-0.2, 0) is 4.74 Å². The Bertz CT molecular complexity index is 291. The third-order valence-electron chi connectivity index (χ3n) is 1.69. The fraction of sp³-hybridized carbons (Fsp3) is 0.400. The largest absolute Gasteiger partial charge is 0.461 e. The molecular weight excluding hydrogens is 216 g/mol. The first kappa shape index (κ1) is 13.9. The zero-order chi connectivity index (χ0) is 10.4. The first-order chi connectivity index (χ1) is 6.70. The van der Waals surface area contributed by atoms with Crippen LogP contribution >= 0.6 is 12.4 Å². The molecule has 0 unspecified atom stereocenters. The van der Waals surface area contributed by atoms with E-state index < -0.39 is 0 Å². The SMILES string of the molecule is CN(C)CCOC(=O)c1ccncc1.Cl. The molecule has 0 fully saturated rings. The Morgan fingerprint density at radius 3 is 2.53 bits per heavy atom. The maximum atomic E-state index is 11.4. The normalized spacial score (nSPS) is 9.53. The van der Waals surface area contributed by atoms with Crippen molar-refractivity contribution in [3.05, 3.63) is 30.1 Å². The van der Waals surface area contributed by atoms with Gasteiger partial charge in [-0.1, -0.05) is 0 Å². The molecule has 0 N–H and O–H groups in total. The van der Waals surface area contributed by atoms with Gasteiger partial charge in [0.25, 0.3) is 0 Å². The molecule has 0 radical (unpaired) electrons. The number of aromatic nitrogens is 1. The van der Waals surface area contributed by atoms with Crippen LogP contribution in [0.3, 0.4) is 0 Å². The quantitative estimate of drug-likeness (QED) is 0.730. The number of carbonyl (C=O) groups is 1. The number of pyridine rings is 1. The lowest BCUT2D eigenvalue weighted by molar-refractivity contribution is 0.0481. The van der Waals surface area contributed by atoms with Gasteiger partial charge < -0.3 is 9.64 Å². The lowest BCUT2D eigenvalue weighted by Gasteiger charge is -2.09. The van der Waals surface area contributed by atoms with E-state index in [-0.39, 0.29) is 18.4 Å². The molecule has 0 aliphatic rings. The number of hydrogen-bond acceptors (Lipinski definition) is 4. The standard InChI is InChI=1S/C10H14N2O2.ClH/c1-12(2)7-8-14-10(13)9-3-5-11-6-4-9;/h3-6H,7-8H2,1-2H3;1H. The molecule has 0 aromatic carbocycles. The number of hydrogen-bond donors (Lipinski definition) is 0. The number of likely N-dealkylation sites (N-methyl/N-ethyl adjacent to an activating group) is 1. The average molecular weight is 231 g/mol. The second-order valence-electron chi connectivity index (χ2n) is 3.18. The molecule has 84 valence electrons. The van der Waals surface area contributed by atoms with Gasteiger partial charge in [-0.25, -0.2) is 4.79 Å². The van der Waals surface area contributed by atoms with E-state index in [2.05, 4.69) is 4.98 Å². The highest BCUT2D eigenvalue weighted by Gasteiger charge is 2.05. The molecule has 0 bridgehead atoms. The molecule has 15 heavy (non-hydrogen) atoms. The molecule has 4 nitrogen and oxygen atoms in total. The van der Waals surface area contributed by atoms with Gasteiger partial charge in [-0.3, -0.25) is 4.98 Å². The van der Waals surface area contributed by atoms with Crippen LogP contribution in [0.4, 0.5) is 0 Å². The molecule has 1 aromatic heterocycles.